The van der Waals surface area contributed by atoms with Crippen LogP contribution < -0.4 is 10.6 Å². The topological polar surface area (TPSA) is 24.1 Å². The summed E-state index contributed by atoms with van der Waals surface area (Å²) in [6, 6.07) is 3.94. The molecule has 0 fully saturated rings. The van der Waals surface area contributed by atoms with E-state index >= 15 is 0 Å². The Kier molecular flexibility index (Phi) is 6.40. The van der Waals surface area contributed by atoms with Crippen molar-refractivity contribution in [2.24, 2.45) is 5.92 Å². The normalized spacial score (nSPS) is 10.5. The van der Waals surface area contributed by atoms with Crippen LogP contribution in [0.25, 0.3) is 0 Å². The second-order valence-corrected chi connectivity index (χ2v) is 7.01. The molecule has 0 saturated carbocycles. The van der Waals surface area contributed by atoms with Crippen LogP contribution in [0.2, 0.25) is 0 Å². The molecule has 0 amide bonds. The maximum absolute atomic E-state index is 5.23. The first-order valence-corrected chi connectivity index (χ1v) is 7.88. The fraction of sp³-hybridized carbons (Fsp3) is 0.364. The minimum Gasteiger partial charge on any atom is -0.362 e. The Hall–Kier alpha value is 0.350. The summed E-state index contributed by atoms with van der Waals surface area (Å²) in [5.41, 5.74) is 0.925. The van der Waals surface area contributed by atoms with E-state index in [1.54, 1.807) is 0 Å². The lowest BCUT2D eigenvalue weighted by atomic mass is 10.2. The summed E-state index contributed by atoms with van der Waals surface area (Å²) in [5, 5.41) is 6.96. The number of hydrogen-bond donors (Lipinski definition) is 2. The number of anilines is 1. The lowest BCUT2D eigenvalue weighted by molar-refractivity contribution is 0.627. The van der Waals surface area contributed by atoms with Gasteiger partial charge in [0.05, 0.1) is 5.69 Å². The van der Waals surface area contributed by atoms with E-state index in [0.29, 0.717) is 11.0 Å². The Labute approximate surface area is 132 Å². The second kappa shape index (κ2) is 7.07. The molecule has 0 unspecified atom stereocenters. The minimum atomic E-state index is 0.562. The predicted molar refractivity (Wildman–Crippen MR) is 88.6 cm³/mol. The van der Waals surface area contributed by atoms with Crippen molar-refractivity contribution in [1.82, 2.24) is 5.32 Å². The van der Waals surface area contributed by atoms with Crippen molar-refractivity contribution in [3.63, 3.8) is 0 Å². The molecule has 17 heavy (non-hydrogen) atoms. The smallest absolute Gasteiger partial charge is 0.170 e. The Morgan fingerprint density at radius 3 is 2.24 bits per heavy atom. The van der Waals surface area contributed by atoms with Gasteiger partial charge in [0.15, 0.2) is 5.11 Å². The van der Waals surface area contributed by atoms with Gasteiger partial charge in [0.1, 0.15) is 0 Å². The van der Waals surface area contributed by atoms with Crippen LogP contribution >= 0.6 is 60.0 Å². The zero-order valence-corrected chi connectivity index (χ0v) is 15.1. The van der Waals surface area contributed by atoms with E-state index in [9.17, 15) is 0 Å². The standard InChI is InChI=1S/C11H13Br3N2S/c1-6(2)5-15-11(17)16-10-8(13)3-7(12)4-9(10)14/h3-4,6H,5H2,1-2H3,(H2,15,16,17). The first kappa shape index (κ1) is 15.4. The van der Waals surface area contributed by atoms with Gasteiger partial charge in [-0.3, -0.25) is 0 Å². The van der Waals surface area contributed by atoms with Gasteiger partial charge in [-0.1, -0.05) is 29.8 Å². The summed E-state index contributed by atoms with van der Waals surface area (Å²) in [7, 11) is 0. The fourth-order valence-corrected chi connectivity index (χ4v) is 3.76. The Morgan fingerprint density at radius 2 is 1.76 bits per heavy atom. The molecular formula is C11H13Br3N2S. The van der Waals surface area contributed by atoms with Gasteiger partial charge >= 0.3 is 0 Å². The van der Waals surface area contributed by atoms with Gasteiger partial charge in [-0.25, -0.2) is 0 Å². The van der Waals surface area contributed by atoms with Gasteiger partial charge in [-0.2, -0.15) is 0 Å². The summed E-state index contributed by atoms with van der Waals surface area (Å²) < 4.78 is 2.91. The summed E-state index contributed by atoms with van der Waals surface area (Å²) >= 11 is 15.7. The van der Waals surface area contributed by atoms with Crippen LogP contribution in [0.15, 0.2) is 25.6 Å². The number of halogens is 3. The third-order valence-electron chi connectivity index (χ3n) is 1.92. The average molecular weight is 445 g/mol. The number of hydrogen-bond acceptors (Lipinski definition) is 1. The SMILES string of the molecule is CC(C)CNC(=S)Nc1c(Br)cc(Br)cc1Br. The molecule has 0 atom stereocenters. The first-order chi connectivity index (χ1) is 7.90. The number of nitrogens with one attached hydrogen (secondary N) is 2. The van der Waals surface area contributed by atoms with Gasteiger partial charge < -0.3 is 10.6 Å². The van der Waals surface area contributed by atoms with Crippen molar-refractivity contribution >= 4 is 70.8 Å². The molecule has 0 aliphatic carbocycles. The van der Waals surface area contributed by atoms with Crippen molar-refractivity contribution in [3.05, 3.63) is 25.6 Å². The molecule has 0 aliphatic rings. The van der Waals surface area contributed by atoms with Crippen molar-refractivity contribution in [2.45, 2.75) is 13.8 Å². The summed E-state index contributed by atoms with van der Waals surface area (Å²) in [5.74, 6) is 0.562. The molecule has 0 radical (unpaired) electrons. The highest BCUT2D eigenvalue weighted by Crippen LogP contribution is 2.34. The van der Waals surface area contributed by atoms with E-state index in [1.165, 1.54) is 0 Å². The highest BCUT2D eigenvalue weighted by molar-refractivity contribution is 9.11. The molecule has 0 bridgehead atoms. The molecule has 1 aromatic rings. The maximum Gasteiger partial charge on any atom is 0.170 e. The van der Waals surface area contributed by atoms with Crippen LogP contribution in [0.4, 0.5) is 5.69 Å². The molecule has 0 saturated heterocycles. The number of thiocarbonyl (C=S) groups is 1. The van der Waals surface area contributed by atoms with Crippen molar-refractivity contribution < 1.29 is 0 Å². The molecule has 0 aromatic heterocycles. The van der Waals surface area contributed by atoms with Gasteiger partial charge in [-0.05, 0) is 62.1 Å². The van der Waals surface area contributed by atoms with Crippen molar-refractivity contribution in [3.8, 4) is 0 Å². The Balaban J connectivity index is 2.72. The maximum atomic E-state index is 5.23. The average Bonchev–Trinajstić information content (AvgIpc) is 2.20. The molecule has 1 rings (SSSR count). The third kappa shape index (κ3) is 5.24. The Morgan fingerprint density at radius 1 is 1.24 bits per heavy atom. The minimum absolute atomic E-state index is 0.562. The highest BCUT2D eigenvalue weighted by Gasteiger charge is 2.08. The molecule has 94 valence electrons. The lowest BCUT2D eigenvalue weighted by Crippen LogP contribution is -2.31. The highest BCUT2D eigenvalue weighted by atomic mass is 79.9. The zero-order valence-electron chi connectivity index (χ0n) is 9.48. The first-order valence-electron chi connectivity index (χ1n) is 5.09. The van der Waals surface area contributed by atoms with Gasteiger partial charge in [0.2, 0.25) is 0 Å². The monoisotopic (exact) mass is 442 g/mol. The van der Waals surface area contributed by atoms with Gasteiger partial charge in [-0.15, -0.1) is 0 Å². The fourth-order valence-electron chi connectivity index (χ4n) is 1.12. The number of rotatable bonds is 3. The van der Waals surface area contributed by atoms with Crippen LogP contribution in [0.3, 0.4) is 0 Å². The van der Waals surface area contributed by atoms with Crippen LogP contribution in [-0.4, -0.2) is 11.7 Å². The van der Waals surface area contributed by atoms with Gasteiger partial charge in [0, 0.05) is 20.0 Å². The van der Waals surface area contributed by atoms with E-state index in [2.05, 4.69) is 72.3 Å². The molecule has 0 heterocycles. The van der Waals surface area contributed by atoms with Crippen molar-refractivity contribution in [1.29, 1.82) is 0 Å². The largest absolute Gasteiger partial charge is 0.362 e. The van der Waals surface area contributed by atoms with E-state index in [4.69, 9.17) is 12.2 Å². The predicted octanol–water partition coefficient (Wildman–Crippen LogP) is 4.92. The molecule has 0 spiro atoms. The molecular weight excluding hydrogens is 432 g/mol. The molecule has 2 nitrogen and oxygen atoms in total. The summed E-state index contributed by atoms with van der Waals surface area (Å²) in [6.07, 6.45) is 0. The number of benzene rings is 1. The summed E-state index contributed by atoms with van der Waals surface area (Å²) in [6.45, 7) is 5.14. The van der Waals surface area contributed by atoms with Crippen molar-refractivity contribution in [2.75, 3.05) is 11.9 Å². The summed E-state index contributed by atoms with van der Waals surface area (Å²) in [4.78, 5) is 0. The van der Waals surface area contributed by atoms with E-state index in [1.807, 2.05) is 12.1 Å². The molecule has 0 aliphatic heterocycles. The second-order valence-electron chi connectivity index (χ2n) is 3.97. The van der Waals surface area contributed by atoms with Crippen LogP contribution in [0, 0.1) is 5.92 Å². The van der Waals surface area contributed by atoms with Crippen LogP contribution in [0.5, 0.6) is 0 Å². The van der Waals surface area contributed by atoms with E-state index < -0.39 is 0 Å². The molecule has 1 aromatic carbocycles. The van der Waals surface area contributed by atoms with Gasteiger partial charge in [0.25, 0.3) is 0 Å². The van der Waals surface area contributed by atoms with Crippen LogP contribution in [0.1, 0.15) is 13.8 Å². The molecule has 6 heteroatoms. The van der Waals surface area contributed by atoms with Crippen LogP contribution in [-0.2, 0) is 0 Å². The van der Waals surface area contributed by atoms with E-state index in [-0.39, 0.29) is 0 Å². The van der Waals surface area contributed by atoms with E-state index in [0.717, 1.165) is 25.7 Å². The lowest BCUT2D eigenvalue weighted by Gasteiger charge is -2.14. The molecule has 2 N–H and O–H groups in total. The Bertz CT molecular complexity index is 398. The quantitative estimate of drug-likeness (QED) is 0.647. The third-order valence-corrected chi connectivity index (χ3v) is 3.87. The zero-order chi connectivity index (χ0) is 13.0.